The summed E-state index contributed by atoms with van der Waals surface area (Å²) in [4.78, 5) is 0. The quantitative estimate of drug-likeness (QED) is 0.776. The second-order valence-corrected chi connectivity index (χ2v) is 4.83. The summed E-state index contributed by atoms with van der Waals surface area (Å²) in [5.41, 5.74) is -0.369. The van der Waals surface area contributed by atoms with Gasteiger partial charge in [-0.25, -0.2) is 0 Å². The van der Waals surface area contributed by atoms with Gasteiger partial charge in [-0.3, -0.25) is 0 Å². The second kappa shape index (κ2) is 3.59. The topological polar surface area (TPSA) is 58.0 Å². The van der Waals surface area contributed by atoms with Crippen LogP contribution < -0.4 is 5.32 Å². The van der Waals surface area contributed by atoms with Crippen LogP contribution in [0.25, 0.3) is 0 Å². The minimum absolute atomic E-state index is 0.369. The van der Waals surface area contributed by atoms with Crippen molar-refractivity contribution < 1.29 is 5.11 Å². The minimum Gasteiger partial charge on any atom is -0.391 e. The number of aryl methyl sites for hydroxylation is 1. The maximum absolute atomic E-state index is 9.44. The normalized spacial score (nSPS) is 14.2. The van der Waals surface area contributed by atoms with Crippen LogP contribution in [0.2, 0.25) is 0 Å². The number of nitrogens with zero attached hydrogens (tertiary/aromatic N) is 2. The maximum Gasteiger partial charge on any atom is 0.206 e. The van der Waals surface area contributed by atoms with Gasteiger partial charge in [0.05, 0.1) is 11.6 Å². The van der Waals surface area contributed by atoms with Crippen molar-refractivity contribution in [3.8, 4) is 0 Å². The van der Waals surface area contributed by atoms with Gasteiger partial charge < -0.3 is 10.4 Å². The number of hydrogen-bond donors (Lipinski definition) is 2. The summed E-state index contributed by atoms with van der Waals surface area (Å²) in [6.07, 6.45) is -0.434. The zero-order chi connectivity index (χ0) is 10.1. The lowest BCUT2D eigenvalue weighted by molar-refractivity contribution is 0.133. The van der Waals surface area contributed by atoms with Crippen molar-refractivity contribution in [2.75, 3.05) is 5.32 Å². The average molecular weight is 201 g/mol. The molecule has 1 unspecified atom stereocenters. The van der Waals surface area contributed by atoms with Crippen molar-refractivity contribution in [3.63, 3.8) is 0 Å². The molecule has 0 amide bonds. The van der Waals surface area contributed by atoms with E-state index in [1.54, 1.807) is 6.92 Å². The second-order valence-electron chi connectivity index (χ2n) is 3.65. The molecule has 1 heterocycles. The first-order valence-electron chi connectivity index (χ1n) is 4.18. The van der Waals surface area contributed by atoms with Crippen molar-refractivity contribution in [3.05, 3.63) is 5.01 Å². The average Bonchev–Trinajstić information content (AvgIpc) is 2.34. The highest BCUT2D eigenvalue weighted by Crippen LogP contribution is 2.21. The fourth-order valence-electron chi connectivity index (χ4n) is 0.727. The Bertz CT molecular complexity index is 283. The van der Waals surface area contributed by atoms with Crippen molar-refractivity contribution in [2.24, 2.45) is 0 Å². The molecule has 0 aromatic carbocycles. The van der Waals surface area contributed by atoms with Crippen LogP contribution in [0.3, 0.4) is 0 Å². The Labute approximate surface area is 82.0 Å². The number of aliphatic hydroxyl groups is 1. The van der Waals surface area contributed by atoms with Crippen molar-refractivity contribution >= 4 is 16.5 Å². The first-order valence-corrected chi connectivity index (χ1v) is 5.00. The highest BCUT2D eigenvalue weighted by Gasteiger charge is 2.24. The largest absolute Gasteiger partial charge is 0.391 e. The van der Waals surface area contributed by atoms with E-state index in [2.05, 4.69) is 15.5 Å². The van der Waals surface area contributed by atoms with Crippen LogP contribution in [0.4, 0.5) is 5.13 Å². The van der Waals surface area contributed by atoms with Gasteiger partial charge in [0.15, 0.2) is 0 Å². The number of aliphatic hydroxyl groups excluding tert-OH is 1. The molecule has 74 valence electrons. The van der Waals surface area contributed by atoms with Crippen LogP contribution in [0, 0.1) is 6.92 Å². The minimum atomic E-state index is -0.434. The summed E-state index contributed by atoms with van der Waals surface area (Å²) in [6.45, 7) is 7.50. The molecule has 0 saturated heterocycles. The third kappa shape index (κ3) is 2.63. The molecule has 1 atom stereocenters. The lowest BCUT2D eigenvalue weighted by atomic mass is 9.99. The van der Waals surface area contributed by atoms with E-state index in [-0.39, 0.29) is 5.54 Å². The molecule has 5 heteroatoms. The molecule has 1 aromatic rings. The Morgan fingerprint density at radius 3 is 2.46 bits per heavy atom. The maximum atomic E-state index is 9.44. The molecule has 0 saturated carbocycles. The zero-order valence-corrected chi connectivity index (χ0v) is 9.14. The van der Waals surface area contributed by atoms with Crippen LogP contribution in [-0.4, -0.2) is 26.9 Å². The summed E-state index contributed by atoms with van der Waals surface area (Å²) in [5, 5.41) is 22.1. The van der Waals surface area contributed by atoms with Gasteiger partial charge in [0, 0.05) is 0 Å². The number of hydrogen-bond acceptors (Lipinski definition) is 5. The van der Waals surface area contributed by atoms with E-state index in [0.717, 1.165) is 10.1 Å². The van der Waals surface area contributed by atoms with Crippen molar-refractivity contribution in [2.45, 2.75) is 39.3 Å². The van der Waals surface area contributed by atoms with E-state index in [1.807, 2.05) is 20.8 Å². The molecule has 2 N–H and O–H groups in total. The summed E-state index contributed by atoms with van der Waals surface area (Å²) >= 11 is 1.49. The van der Waals surface area contributed by atoms with Gasteiger partial charge in [-0.1, -0.05) is 11.3 Å². The first-order chi connectivity index (χ1) is 5.92. The van der Waals surface area contributed by atoms with Crippen molar-refractivity contribution in [1.82, 2.24) is 10.2 Å². The molecule has 0 aliphatic rings. The van der Waals surface area contributed by atoms with E-state index in [9.17, 15) is 5.11 Å². The van der Waals surface area contributed by atoms with Gasteiger partial charge in [-0.05, 0) is 27.7 Å². The van der Waals surface area contributed by atoms with Gasteiger partial charge >= 0.3 is 0 Å². The van der Waals surface area contributed by atoms with E-state index in [0.29, 0.717) is 0 Å². The SMILES string of the molecule is Cc1nnc(NC(C)(C)C(C)O)s1. The molecular formula is C8H15N3OS. The third-order valence-corrected chi connectivity index (χ3v) is 2.75. The monoisotopic (exact) mass is 201 g/mol. The molecule has 0 bridgehead atoms. The highest BCUT2D eigenvalue weighted by molar-refractivity contribution is 7.15. The Morgan fingerprint density at radius 2 is 2.08 bits per heavy atom. The lowest BCUT2D eigenvalue weighted by Gasteiger charge is -2.28. The van der Waals surface area contributed by atoms with E-state index < -0.39 is 6.10 Å². The predicted octanol–water partition coefficient (Wildman–Crippen LogP) is 1.42. The highest BCUT2D eigenvalue weighted by atomic mass is 32.1. The summed E-state index contributed by atoms with van der Waals surface area (Å²) < 4.78 is 0. The van der Waals surface area contributed by atoms with Gasteiger partial charge in [0.2, 0.25) is 5.13 Å². The van der Waals surface area contributed by atoms with Crippen LogP contribution >= 0.6 is 11.3 Å². The molecule has 13 heavy (non-hydrogen) atoms. The molecule has 0 aliphatic carbocycles. The summed E-state index contributed by atoms with van der Waals surface area (Å²) in [6, 6.07) is 0. The zero-order valence-electron chi connectivity index (χ0n) is 8.33. The Morgan fingerprint density at radius 1 is 1.46 bits per heavy atom. The van der Waals surface area contributed by atoms with Gasteiger partial charge in [0.25, 0.3) is 0 Å². The van der Waals surface area contributed by atoms with E-state index in [1.165, 1.54) is 11.3 Å². The molecular weight excluding hydrogens is 186 g/mol. The lowest BCUT2D eigenvalue weighted by Crippen LogP contribution is -2.41. The molecule has 0 fully saturated rings. The van der Waals surface area contributed by atoms with Gasteiger partial charge in [-0.2, -0.15) is 0 Å². The molecule has 0 spiro atoms. The van der Waals surface area contributed by atoms with Gasteiger partial charge in [-0.15, -0.1) is 10.2 Å². The molecule has 0 aliphatic heterocycles. The fraction of sp³-hybridized carbons (Fsp3) is 0.750. The predicted molar refractivity (Wildman–Crippen MR) is 54.0 cm³/mol. The standard InChI is InChI=1S/C8H15N3OS/c1-5(12)8(3,4)9-7-11-10-6(2)13-7/h5,12H,1-4H3,(H,9,11). The molecule has 0 radical (unpaired) electrons. The molecule has 1 aromatic heterocycles. The number of aromatic nitrogens is 2. The number of rotatable bonds is 3. The van der Waals surface area contributed by atoms with Gasteiger partial charge in [0.1, 0.15) is 5.01 Å². The van der Waals surface area contributed by atoms with Crippen LogP contribution in [0.15, 0.2) is 0 Å². The Balaban J connectivity index is 2.68. The number of nitrogens with one attached hydrogen (secondary N) is 1. The third-order valence-electron chi connectivity index (χ3n) is 2.00. The first kappa shape index (κ1) is 10.4. The molecule has 1 rings (SSSR count). The Kier molecular flexibility index (Phi) is 2.87. The van der Waals surface area contributed by atoms with Crippen LogP contribution in [-0.2, 0) is 0 Å². The van der Waals surface area contributed by atoms with E-state index in [4.69, 9.17) is 0 Å². The Hall–Kier alpha value is -0.680. The fourth-order valence-corrected chi connectivity index (χ4v) is 1.48. The number of anilines is 1. The summed E-state index contributed by atoms with van der Waals surface area (Å²) in [5.74, 6) is 0. The molecule has 4 nitrogen and oxygen atoms in total. The smallest absolute Gasteiger partial charge is 0.206 e. The van der Waals surface area contributed by atoms with E-state index >= 15 is 0 Å². The summed E-state index contributed by atoms with van der Waals surface area (Å²) in [7, 11) is 0. The van der Waals surface area contributed by atoms with Crippen molar-refractivity contribution in [1.29, 1.82) is 0 Å². The van der Waals surface area contributed by atoms with Crippen LogP contribution in [0.5, 0.6) is 0 Å². The van der Waals surface area contributed by atoms with Crippen LogP contribution in [0.1, 0.15) is 25.8 Å².